The van der Waals surface area contributed by atoms with Gasteiger partial charge in [-0.3, -0.25) is 0 Å². The molecule has 62 valence electrons. The summed E-state index contributed by atoms with van der Waals surface area (Å²) in [6.45, 7) is 0. The third kappa shape index (κ3) is 2.74. The minimum atomic E-state index is -1.06. The molecule has 0 saturated heterocycles. The van der Waals surface area contributed by atoms with E-state index in [-0.39, 0.29) is 0 Å². The lowest BCUT2D eigenvalue weighted by atomic mass is 10.2. The maximum atomic E-state index is 9.99. The van der Waals surface area contributed by atoms with Crippen LogP contribution < -0.4 is 0 Å². The topological polar surface area (TPSA) is 40.9 Å². The summed E-state index contributed by atoms with van der Waals surface area (Å²) in [4.78, 5) is 9.99. The fourth-order valence-corrected chi connectivity index (χ4v) is 1.25. The van der Waals surface area contributed by atoms with Crippen LogP contribution in [0.4, 0.5) is 0 Å². The van der Waals surface area contributed by atoms with Crippen LogP contribution in [0.3, 0.4) is 0 Å². The standard InChI is InChI=1S/C9H9NOS/c10-12(8-11)7-6-9-4-2-1-3-5-9/h1-5,7,10H,6H2. The molecule has 0 aliphatic carbocycles. The molecule has 0 saturated carbocycles. The van der Waals surface area contributed by atoms with Gasteiger partial charge in [-0.25, -0.2) is 9.57 Å². The van der Waals surface area contributed by atoms with Crippen LogP contribution in [-0.4, -0.2) is 10.6 Å². The molecule has 0 heterocycles. The highest BCUT2D eigenvalue weighted by Gasteiger charge is 1.84. The predicted molar refractivity (Wildman–Crippen MR) is 52.0 cm³/mol. The van der Waals surface area contributed by atoms with Crippen LogP contribution in [0.25, 0.3) is 0 Å². The summed E-state index contributed by atoms with van der Waals surface area (Å²) in [6, 6.07) is 9.76. The fraction of sp³-hybridized carbons (Fsp3) is 0.111. The summed E-state index contributed by atoms with van der Waals surface area (Å²) in [5, 5.41) is 3.28. The van der Waals surface area contributed by atoms with Gasteiger partial charge in [-0.2, -0.15) is 0 Å². The first-order chi connectivity index (χ1) is 5.83. The Balaban J connectivity index is 2.80. The van der Waals surface area contributed by atoms with Crippen molar-refractivity contribution in [3.05, 3.63) is 35.9 Å². The third-order valence-corrected chi connectivity index (χ3v) is 2.10. The van der Waals surface area contributed by atoms with Gasteiger partial charge in [-0.1, -0.05) is 30.3 Å². The van der Waals surface area contributed by atoms with Gasteiger partial charge < -0.3 is 0 Å². The van der Waals surface area contributed by atoms with Crippen molar-refractivity contribution in [2.24, 2.45) is 0 Å². The van der Waals surface area contributed by atoms with Crippen LogP contribution in [0.1, 0.15) is 5.56 Å². The zero-order chi connectivity index (χ0) is 8.81. The molecular formula is C9H9NOS. The fourth-order valence-electron chi connectivity index (χ4n) is 0.828. The van der Waals surface area contributed by atoms with Gasteiger partial charge in [0.2, 0.25) is 0 Å². The molecule has 3 heteroatoms. The van der Waals surface area contributed by atoms with Crippen molar-refractivity contribution >= 4 is 20.5 Å². The van der Waals surface area contributed by atoms with Crippen molar-refractivity contribution in [3.63, 3.8) is 0 Å². The Labute approximate surface area is 72.9 Å². The van der Waals surface area contributed by atoms with Gasteiger partial charge in [-0.15, -0.1) is 0 Å². The van der Waals surface area contributed by atoms with E-state index in [1.54, 1.807) is 10.6 Å². The molecule has 0 aliphatic rings. The van der Waals surface area contributed by atoms with Crippen LogP contribution in [0.15, 0.2) is 30.3 Å². The molecule has 1 aromatic carbocycles. The second-order valence-corrected chi connectivity index (χ2v) is 3.45. The average molecular weight is 179 g/mol. The van der Waals surface area contributed by atoms with Crippen molar-refractivity contribution in [2.75, 3.05) is 0 Å². The minimum Gasteiger partial charge on any atom is -0.246 e. The average Bonchev–Trinajstić information content (AvgIpc) is 2.16. The number of benzene rings is 1. The Morgan fingerprint density at radius 2 is 2.08 bits per heavy atom. The van der Waals surface area contributed by atoms with Crippen LogP contribution in [0, 0.1) is 4.78 Å². The number of rotatable bonds is 2. The van der Waals surface area contributed by atoms with Crippen molar-refractivity contribution < 1.29 is 4.79 Å². The lowest BCUT2D eigenvalue weighted by Gasteiger charge is -1.91. The van der Waals surface area contributed by atoms with E-state index in [9.17, 15) is 4.79 Å². The Morgan fingerprint density at radius 1 is 1.42 bits per heavy atom. The first kappa shape index (κ1) is 8.78. The molecule has 0 spiro atoms. The van der Waals surface area contributed by atoms with Crippen LogP contribution in [0.5, 0.6) is 0 Å². The molecule has 2 nitrogen and oxygen atoms in total. The number of carbonyl (C=O) groups excluding carboxylic acids is 1. The van der Waals surface area contributed by atoms with Gasteiger partial charge >= 0.3 is 0 Å². The smallest absolute Gasteiger partial charge is 0.198 e. The molecule has 0 aromatic heterocycles. The Morgan fingerprint density at radius 3 is 2.67 bits per heavy atom. The lowest BCUT2D eigenvalue weighted by molar-refractivity contribution is 0.572. The summed E-state index contributed by atoms with van der Waals surface area (Å²) in [5.74, 6) is 0. The first-order valence-electron chi connectivity index (χ1n) is 3.52. The van der Waals surface area contributed by atoms with Crippen molar-refractivity contribution in [1.29, 1.82) is 4.78 Å². The molecule has 0 atom stereocenters. The van der Waals surface area contributed by atoms with E-state index in [2.05, 4.69) is 0 Å². The molecule has 1 aromatic rings. The zero-order valence-electron chi connectivity index (χ0n) is 6.49. The Hall–Kier alpha value is -1.31. The van der Waals surface area contributed by atoms with E-state index in [4.69, 9.17) is 4.78 Å². The van der Waals surface area contributed by atoms with Gasteiger partial charge in [0.25, 0.3) is 0 Å². The molecular weight excluding hydrogens is 170 g/mol. The zero-order valence-corrected chi connectivity index (χ0v) is 7.30. The summed E-state index contributed by atoms with van der Waals surface area (Å²) in [5.41, 5.74) is 1.12. The molecule has 0 aliphatic heterocycles. The van der Waals surface area contributed by atoms with Gasteiger partial charge in [0.05, 0.1) is 0 Å². The van der Waals surface area contributed by atoms with E-state index in [1.807, 2.05) is 30.3 Å². The summed E-state index contributed by atoms with van der Waals surface area (Å²) in [6.07, 6.45) is 0.669. The molecule has 12 heavy (non-hydrogen) atoms. The third-order valence-electron chi connectivity index (χ3n) is 1.42. The number of hydrogen-bond donors (Lipinski definition) is 1. The van der Waals surface area contributed by atoms with E-state index in [0.717, 1.165) is 5.56 Å². The second-order valence-electron chi connectivity index (χ2n) is 2.28. The summed E-state index contributed by atoms with van der Waals surface area (Å²) < 4.78 is 7.12. The van der Waals surface area contributed by atoms with E-state index < -0.39 is 9.87 Å². The van der Waals surface area contributed by atoms with Gasteiger partial charge in [0.1, 0.15) is 0 Å². The second kappa shape index (κ2) is 4.54. The predicted octanol–water partition coefficient (Wildman–Crippen LogP) is 1.48. The molecule has 0 bridgehead atoms. The van der Waals surface area contributed by atoms with E-state index in [1.165, 1.54) is 0 Å². The first-order valence-corrected chi connectivity index (χ1v) is 4.81. The SMILES string of the molecule is N=S(=C=O)=CCc1ccccc1. The molecule has 0 radical (unpaired) electrons. The maximum Gasteiger partial charge on any atom is 0.198 e. The van der Waals surface area contributed by atoms with Gasteiger partial charge in [-0.05, 0) is 20.8 Å². The van der Waals surface area contributed by atoms with E-state index >= 15 is 0 Å². The molecule has 1 rings (SSSR count). The highest BCUT2D eigenvalue weighted by atomic mass is 32.1. The maximum absolute atomic E-state index is 9.99. The minimum absolute atomic E-state index is 0.669. The normalized spacial score (nSPS) is 8.67. The van der Waals surface area contributed by atoms with Gasteiger partial charge in [0.15, 0.2) is 5.23 Å². The highest BCUT2D eigenvalue weighted by molar-refractivity contribution is 7.82. The van der Waals surface area contributed by atoms with E-state index in [0.29, 0.717) is 6.42 Å². The van der Waals surface area contributed by atoms with Crippen molar-refractivity contribution in [2.45, 2.75) is 6.42 Å². The van der Waals surface area contributed by atoms with Crippen LogP contribution >= 0.6 is 0 Å². The molecule has 0 fully saturated rings. The molecule has 1 N–H and O–H groups in total. The van der Waals surface area contributed by atoms with Crippen LogP contribution in [-0.2, 0) is 21.1 Å². The molecule has 0 unspecified atom stereocenters. The number of nitrogens with one attached hydrogen (secondary N) is 1. The Kier molecular flexibility index (Phi) is 3.33. The lowest BCUT2D eigenvalue weighted by Crippen LogP contribution is -1.84. The van der Waals surface area contributed by atoms with Gasteiger partial charge in [0, 0.05) is 6.42 Å². The monoisotopic (exact) mass is 179 g/mol. The Bertz CT molecular complexity index is 401. The molecule has 0 amide bonds. The summed E-state index contributed by atoms with van der Waals surface area (Å²) >= 11 is 0. The number of hydrogen-bond acceptors (Lipinski definition) is 2. The highest BCUT2D eigenvalue weighted by Crippen LogP contribution is 1.96. The van der Waals surface area contributed by atoms with Crippen LogP contribution in [0.2, 0.25) is 0 Å². The summed E-state index contributed by atoms with van der Waals surface area (Å²) in [7, 11) is -1.06. The van der Waals surface area contributed by atoms with Crippen molar-refractivity contribution in [3.8, 4) is 0 Å². The quantitative estimate of drug-likeness (QED) is 0.686. The largest absolute Gasteiger partial charge is 0.246 e. The van der Waals surface area contributed by atoms with Crippen molar-refractivity contribution in [1.82, 2.24) is 0 Å².